The molecule has 0 aromatic heterocycles. The number of dihydropyridines is 1. The number of ether oxygens (including phenoxy) is 2. The van der Waals surface area contributed by atoms with Gasteiger partial charge in [0.15, 0.2) is 0 Å². The molecule has 2 amide bonds. The molecule has 1 saturated heterocycles. The van der Waals surface area contributed by atoms with Crippen LogP contribution in [0.2, 0.25) is 0 Å². The van der Waals surface area contributed by atoms with E-state index in [1.54, 1.807) is 53.9 Å². The molecule has 12 nitrogen and oxygen atoms in total. The van der Waals surface area contributed by atoms with Crippen LogP contribution < -0.4 is 10.6 Å². The van der Waals surface area contributed by atoms with Gasteiger partial charge in [-0.15, -0.1) is 0 Å². The van der Waals surface area contributed by atoms with E-state index in [1.165, 1.54) is 4.90 Å². The second-order valence-electron chi connectivity index (χ2n) is 14.0. The first-order chi connectivity index (χ1) is 22.6. The van der Waals surface area contributed by atoms with Crippen molar-refractivity contribution in [2.45, 2.75) is 91.0 Å². The Balaban J connectivity index is 1.75. The number of alkyl carbamates (subject to hydrolysis) is 1. The zero-order chi connectivity index (χ0) is 35.4. The summed E-state index contributed by atoms with van der Waals surface area (Å²) in [6, 6.07) is 6.63. The first kappa shape index (κ1) is 36.2. The van der Waals surface area contributed by atoms with Gasteiger partial charge in [-0.1, -0.05) is 57.5 Å². The van der Waals surface area contributed by atoms with E-state index in [1.807, 2.05) is 43.3 Å². The minimum Gasteiger partial charge on any atom is -0.511 e. The van der Waals surface area contributed by atoms with Crippen LogP contribution in [0.15, 0.2) is 70.8 Å². The zero-order valence-corrected chi connectivity index (χ0v) is 28.9. The Kier molecular flexibility index (Phi) is 11.1. The van der Waals surface area contributed by atoms with Crippen LogP contribution in [0.5, 0.6) is 0 Å². The number of nitrogens with zero attached hydrogens (tertiary/aromatic N) is 2. The number of methoxy groups -OCH3 is 1. The molecule has 2 aliphatic heterocycles. The highest BCUT2D eigenvalue weighted by Crippen LogP contribution is 2.54. The molecule has 12 heteroatoms. The predicted molar refractivity (Wildman–Crippen MR) is 183 cm³/mol. The predicted octanol–water partition coefficient (Wildman–Crippen LogP) is 5.32. The van der Waals surface area contributed by atoms with Gasteiger partial charge < -0.3 is 35.2 Å². The summed E-state index contributed by atoms with van der Waals surface area (Å²) in [6.45, 7) is 10.8. The quantitative estimate of drug-likeness (QED) is 0.156. The van der Waals surface area contributed by atoms with Crippen LogP contribution in [0.1, 0.15) is 72.8 Å². The van der Waals surface area contributed by atoms with Crippen molar-refractivity contribution >= 4 is 29.5 Å². The van der Waals surface area contributed by atoms with Crippen molar-refractivity contribution in [2.24, 2.45) is 22.2 Å². The number of amides is 2. The van der Waals surface area contributed by atoms with Crippen molar-refractivity contribution in [3.05, 3.63) is 71.3 Å². The molecular weight excluding hydrogens is 614 g/mol. The van der Waals surface area contributed by atoms with Gasteiger partial charge in [-0.3, -0.25) is 15.2 Å². The fraction of sp³-hybridized carbons (Fsp3) is 0.528. The maximum absolute atomic E-state index is 14.4. The van der Waals surface area contributed by atoms with E-state index in [0.29, 0.717) is 36.4 Å². The number of aliphatic hydroxyl groups excluding tert-OH is 1. The van der Waals surface area contributed by atoms with E-state index in [2.05, 4.69) is 10.6 Å². The molecule has 5 N–H and O–H groups in total. The molecule has 0 spiro atoms. The summed E-state index contributed by atoms with van der Waals surface area (Å²) < 4.78 is 11.0. The molecule has 1 fully saturated rings. The second kappa shape index (κ2) is 14.7. The molecule has 3 aliphatic rings. The van der Waals surface area contributed by atoms with Crippen LogP contribution in [-0.4, -0.2) is 82.0 Å². The Morgan fingerprint density at radius 2 is 1.83 bits per heavy atom. The van der Waals surface area contributed by atoms with Crippen LogP contribution in [0.3, 0.4) is 0 Å². The number of carbonyl (C=O) groups excluding carboxylic acids is 2. The summed E-state index contributed by atoms with van der Waals surface area (Å²) in [6.07, 6.45) is 6.01. The van der Waals surface area contributed by atoms with E-state index in [-0.39, 0.29) is 30.5 Å². The van der Waals surface area contributed by atoms with Gasteiger partial charge in [0.25, 0.3) is 0 Å². The normalized spacial score (nSPS) is 23.5. The summed E-state index contributed by atoms with van der Waals surface area (Å²) in [5, 5.41) is 36.4. The molecule has 0 saturated carbocycles. The number of carbonyl (C=O) groups is 3. The number of aliphatic imine (C=N–C) groups is 1. The van der Waals surface area contributed by atoms with Gasteiger partial charge in [0.1, 0.15) is 35.0 Å². The number of carboxylic acid groups (broad SMARTS) is 1. The largest absolute Gasteiger partial charge is 0.511 e. The minimum atomic E-state index is -1.09. The number of amidine groups is 1. The third kappa shape index (κ3) is 7.74. The number of benzene rings is 1. The number of allylic oxidation sites excluding steroid dienone is 3. The molecule has 0 radical (unpaired) electrons. The van der Waals surface area contributed by atoms with E-state index in [0.717, 1.165) is 5.56 Å². The van der Waals surface area contributed by atoms with Crippen LogP contribution >= 0.6 is 0 Å². The van der Waals surface area contributed by atoms with Crippen LogP contribution in [-0.2, 0) is 19.1 Å². The van der Waals surface area contributed by atoms with Crippen molar-refractivity contribution in [3.63, 3.8) is 0 Å². The number of aliphatic hydroxyl groups is 1. The third-order valence-electron chi connectivity index (χ3n) is 9.06. The van der Waals surface area contributed by atoms with Crippen LogP contribution in [0.25, 0.3) is 0 Å². The molecule has 260 valence electrons. The highest BCUT2D eigenvalue weighted by molar-refractivity contribution is 6.10. The fourth-order valence-corrected chi connectivity index (χ4v) is 6.63. The number of rotatable bonds is 11. The third-order valence-corrected chi connectivity index (χ3v) is 9.06. The maximum atomic E-state index is 14.4. The smallest absolute Gasteiger partial charge is 0.408 e. The topological polar surface area (TPSA) is 174 Å². The lowest BCUT2D eigenvalue weighted by atomic mass is 9.65. The van der Waals surface area contributed by atoms with E-state index in [9.17, 15) is 24.6 Å². The number of carboxylic acids is 1. The molecule has 48 heavy (non-hydrogen) atoms. The monoisotopic (exact) mass is 663 g/mol. The van der Waals surface area contributed by atoms with Crippen LogP contribution in [0.4, 0.5) is 4.79 Å². The Bertz CT molecular complexity index is 1520. The molecule has 4 rings (SSSR count). The number of likely N-dealkylation sites (tertiary alicyclic amines) is 1. The van der Waals surface area contributed by atoms with Gasteiger partial charge >= 0.3 is 12.1 Å². The van der Waals surface area contributed by atoms with Gasteiger partial charge in [-0.2, -0.15) is 0 Å². The highest BCUT2D eigenvalue weighted by atomic mass is 16.6. The summed E-state index contributed by atoms with van der Waals surface area (Å²) in [5.74, 6) is -1.75. The first-order valence-electron chi connectivity index (χ1n) is 16.5. The Morgan fingerprint density at radius 3 is 2.42 bits per heavy atom. The Morgan fingerprint density at radius 1 is 1.15 bits per heavy atom. The second-order valence-corrected chi connectivity index (χ2v) is 14.0. The van der Waals surface area contributed by atoms with Gasteiger partial charge in [0.2, 0.25) is 5.91 Å². The Hall–Kier alpha value is -4.61. The molecule has 0 bridgehead atoms. The molecule has 1 aromatic rings. The average molecular weight is 664 g/mol. The molecule has 5 atom stereocenters. The summed E-state index contributed by atoms with van der Waals surface area (Å²) in [5.41, 5.74) is 0.140. The number of hydrogen-bond acceptors (Lipinski definition) is 8. The first-order valence-corrected chi connectivity index (χ1v) is 16.5. The van der Waals surface area contributed by atoms with Crippen molar-refractivity contribution in [2.75, 3.05) is 13.7 Å². The highest BCUT2D eigenvalue weighted by Gasteiger charge is 2.55. The van der Waals surface area contributed by atoms with Gasteiger partial charge in [0.05, 0.1) is 30.0 Å². The molecule has 2 unspecified atom stereocenters. The lowest BCUT2D eigenvalue weighted by molar-refractivity contribution is -0.139. The Labute approximate surface area is 282 Å². The minimum absolute atomic E-state index is 0.0771. The van der Waals surface area contributed by atoms with Crippen molar-refractivity contribution in [3.8, 4) is 0 Å². The zero-order valence-electron chi connectivity index (χ0n) is 28.9. The SMILES string of the molecule is CCC[C@H](NC(=N)[C@@H]1C[C@@H](C23CC=C(OC)C=C2N=C(c2ccccc2)C=C3O)CN1C(=O)C(NC(=O)OC(C)(C)C)C(C)C)C(=O)O. The lowest BCUT2D eigenvalue weighted by Crippen LogP contribution is -2.56. The average Bonchev–Trinajstić information content (AvgIpc) is 3.48. The molecule has 2 heterocycles. The van der Waals surface area contributed by atoms with Crippen molar-refractivity contribution < 1.29 is 34.1 Å². The number of hydrogen-bond donors (Lipinski definition) is 5. The molecule has 1 aliphatic carbocycles. The van der Waals surface area contributed by atoms with Gasteiger partial charge in [0, 0.05) is 24.3 Å². The lowest BCUT2D eigenvalue weighted by Gasteiger charge is -2.42. The molecular formula is C36H49N5O7. The van der Waals surface area contributed by atoms with Gasteiger partial charge in [-0.05, 0) is 57.9 Å². The maximum Gasteiger partial charge on any atom is 0.408 e. The fourth-order valence-electron chi connectivity index (χ4n) is 6.63. The number of nitrogens with one attached hydrogen (secondary N) is 3. The van der Waals surface area contributed by atoms with Crippen LogP contribution in [0, 0.1) is 22.7 Å². The number of fused-ring (bicyclic) bond motifs is 1. The standard InChI is InChI=1S/C36H49N5O7/c1-8-12-25(33(44)45)39-31(37)27-17-23(20-41(27)32(43)30(21(2)3)40-34(46)48-35(4,5)6)36-16-15-24(47-7)18-28(36)38-26(19-29(36)42)22-13-10-9-11-14-22/h9-11,13-15,18-19,21,23,25,27,30,42H,8,12,16-17,20H2,1-7H3,(H2,37,39)(H,40,46)(H,44,45)/t23-,25+,27+,30?,36?/m1/s1. The number of aliphatic carboxylic acids is 1. The summed E-state index contributed by atoms with van der Waals surface area (Å²) in [7, 11) is 1.56. The van der Waals surface area contributed by atoms with E-state index < -0.39 is 53.0 Å². The summed E-state index contributed by atoms with van der Waals surface area (Å²) in [4.78, 5) is 45.8. The van der Waals surface area contributed by atoms with Crippen molar-refractivity contribution in [1.29, 1.82) is 5.41 Å². The van der Waals surface area contributed by atoms with Gasteiger partial charge in [-0.25, -0.2) is 9.59 Å². The molecule has 1 aromatic carbocycles. The van der Waals surface area contributed by atoms with E-state index >= 15 is 0 Å². The van der Waals surface area contributed by atoms with Crippen molar-refractivity contribution in [1.82, 2.24) is 15.5 Å². The summed E-state index contributed by atoms with van der Waals surface area (Å²) >= 11 is 0. The van der Waals surface area contributed by atoms with E-state index in [4.69, 9.17) is 19.9 Å².